The third-order valence-corrected chi connectivity index (χ3v) is 3.25. The highest BCUT2D eigenvalue weighted by Gasteiger charge is 2.21. The standard InChI is InChI=1S/C11H14BrNO2/c1-6(13)4-8-5-7-2-3-15-11(7)9(12)10(8)14/h5-6,14H,2-4,13H2,1H3. The molecule has 1 atom stereocenters. The topological polar surface area (TPSA) is 55.5 Å². The Labute approximate surface area is 97.4 Å². The Balaban J connectivity index is 2.44. The van der Waals surface area contributed by atoms with Gasteiger partial charge in [-0.15, -0.1) is 0 Å². The molecule has 0 spiro atoms. The van der Waals surface area contributed by atoms with Gasteiger partial charge in [-0.2, -0.15) is 0 Å². The lowest BCUT2D eigenvalue weighted by Gasteiger charge is -2.12. The van der Waals surface area contributed by atoms with Crippen molar-refractivity contribution in [2.75, 3.05) is 6.61 Å². The molecule has 0 aliphatic carbocycles. The molecule has 1 aliphatic rings. The van der Waals surface area contributed by atoms with Crippen LogP contribution in [0.3, 0.4) is 0 Å². The van der Waals surface area contributed by atoms with E-state index < -0.39 is 0 Å². The van der Waals surface area contributed by atoms with E-state index in [2.05, 4.69) is 15.9 Å². The summed E-state index contributed by atoms with van der Waals surface area (Å²) in [5, 5.41) is 9.93. The van der Waals surface area contributed by atoms with Crippen molar-refractivity contribution in [3.8, 4) is 11.5 Å². The highest BCUT2D eigenvalue weighted by molar-refractivity contribution is 9.10. The smallest absolute Gasteiger partial charge is 0.140 e. The van der Waals surface area contributed by atoms with Gasteiger partial charge in [0.1, 0.15) is 16.0 Å². The molecular weight excluding hydrogens is 258 g/mol. The molecule has 1 aliphatic heterocycles. The van der Waals surface area contributed by atoms with Crippen molar-refractivity contribution < 1.29 is 9.84 Å². The summed E-state index contributed by atoms with van der Waals surface area (Å²) in [5.74, 6) is 1.04. The molecule has 3 N–H and O–H groups in total. The monoisotopic (exact) mass is 271 g/mol. The Hall–Kier alpha value is -0.740. The first-order chi connectivity index (χ1) is 7.09. The minimum Gasteiger partial charge on any atom is -0.506 e. The van der Waals surface area contributed by atoms with Crippen LogP contribution in [0.15, 0.2) is 10.5 Å². The van der Waals surface area contributed by atoms with E-state index >= 15 is 0 Å². The fraction of sp³-hybridized carbons (Fsp3) is 0.455. The summed E-state index contributed by atoms with van der Waals surface area (Å²) in [7, 11) is 0. The molecule has 0 aromatic heterocycles. The number of aromatic hydroxyl groups is 1. The van der Waals surface area contributed by atoms with E-state index in [1.54, 1.807) is 0 Å². The molecule has 0 radical (unpaired) electrons. The molecule has 0 amide bonds. The number of benzene rings is 1. The Morgan fingerprint density at radius 2 is 2.40 bits per heavy atom. The number of phenolic OH excluding ortho intramolecular Hbond substituents is 1. The fourth-order valence-electron chi connectivity index (χ4n) is 1.84. The van der Waals surface area contributed by atoms with Crippen LogP contribution in [0.4, 0.5) is 0 Å². The maximum atomic E-state index is 9.93. The van der Waals surface area contributed by atoms with Gasteiger partial charge in [0, 0.05) is 12.5 Å². The zero-order valence-corrected chi connectivity index (χ0v) is 10.2. The first-order valence-electron chi connectivity index (χ1n) is 5.01. The molecule has 1 aromatic rings. The van der Waals surface area contributed by atoms with Crippen LogP contribution in [0, 0.1) is 0 Å². The van der Waals surface area contributed by atoms with Crippen molar-refractivity contribution in [1.29, 1.82) is 0 Å². The van der Waals surface area contributed by atoms with Gasteiger partial charge in [0.15, 0.2) is 0 Å². The summed E-state index contributed by atoms with van der Waals surface area (Å²) in [6, 6.07) is 2.04. The zero-order valence-electron chi connectivity index (χ0n) is 8.59. The normalized spacial score (nSPS) is 15.9. The van der Waals surface area contributed by atoms with Crippen LogP contribution >= 0.6 is 15.9 Å². The number of nitrogens with two attached hydrogens (primary N) is 1. The van der Waals surface area contributed by atoms with E-state index in [1.807, 2.05) is 13.0 Å². The fourth-order valence-corrected chi connectivity index (χ4v) is 2.46. The molecule has 15 heavy (non-hydrogen) atoms. The van der Waals surface area contributed by atoms with Crippen molar-refractivity contribution in [3.63, 3.8) is 0 Å². The quantitative estimate of drug-likeness (QED) is 0.865. The van der Waals surface area contributed by atoms with Gasteiger partial charge >= 0.3 is 0 Å². The molecule has 1 aromatic carbocycles. The second kappa shape index (κ2) is 4.02. The van der Waals surface area contributed by atoms with Gasteiger partial charge in [-0.1, -0.05) is 0 Å². The van der Waals surface area contributed by atoms with Crippen LogP contribution in [0.2, 0.25) is 0 Å². The zero-order chi connectivity index (χ0) is 11.0. The molecule has 0 bridgehead atoms. The van der Waals surface area contributed by atoms with Crippen molar-refractivity contribution in [2.24, 2.45) is 5.73 Å². The summed E-state index contributed by atoms with van der Waals surface area (Å²) in [4.78, 5) is 0. The van der Waals surface area contributed by atoms with E-state index in [-0.39, 0.29) is 11.8 Å². The number of fused-ring (bicyclic) bond motifs is 1. The second-order valence-corrected chi connectivity index (χ2v) is 4.76. The molecular formula is C11H14BrNO2. The molecule has 0 fully saturated rings. The highest BCUT2D eigenvalue weighted by Crippen LogP contribution is 2.42. The number of rotatable bonds is 2. The molecule has 1 unspecified atom stereocenters. The van der Waals surface area contributed by atoms with Crippen LogP contribution < -0.4 is 10.5 Å². The van der Waals surface area contributed by atoms with Gasteiger partial charge in [-0.05, 0) is 46.5 Å². The number of hydrogen-bond acceptors (Lipinski definition) is 3. The Morgan fingerprint density at radius 3 is 3.07 bits per heavy atom. The highest BCUT2D eigenvalue weighted by atomic mass is 79.9. The maximum absolute atomic E-state index is 9.93. The molecule has 4 heteroatoms. The van der Waals surface area contributed by atoms with Gasteiger partial charge in [-0.25, -0.2) is 0 Å². The van der Waals surface area contributed by atoms with Gasteiger partial charge in [0.25, 0.3) is 0 Å². The van der Waals surface area contributed by atoms with Crippen LogP contribution in [-0.2, 0) is 12.8 Å². The van der Waals surface area contributed by atoms with Gasteiger partial charge in [0.05, 0.1) is 6.61 Å². The van der Waals surface area contributed by atoms with Crippen molar-refractivity contribution in [3.05, 3.63) is 21.7 Å². The number of halogens is 1. The van der Waals surface area contributed by atoms with Crippen LogP contribution in [0.25, 0.3) is 0 Å². The molecule has 1 heterocycles. The Bertz CT molecular complexity index is 391. The lowest BCUT2D eigenvalue weighted by Crippen LogP contribution is -2.17. The first kappa shape index (κ1) is 10.8. The summed E-state index contributed by atoms with van der Waals surface area (Å²) < 4.78 is 6.09. The molecule has 0 saturated heterocycles. The average molecular weight is 272 g/mol. The largest absolute Gasteiger partial charge is 0.506 e. The van der Waals surface area contributed by atoms with Crippen molar-refractivity contribution >= 4 is 15.9 Å². The SMILES string of the molecule is CC(N)Cc1cc2c(c(Br)c1O)OCC2. The van der Waals surface area contributed by atoms with Crippen LogP contribution in [0.5, 0.6) is 11.5 Å². The summed E-state index contributed by atoms with van der Waals surface area (Å²) >= 11 is 3.36. The van der Waals surface area contributed by atoms with Crippen molar-refractivity contribution in [2.45, 2.75) is 25.8 Å². The van der Waals surface area contributed by atoms with Crippen molar-refractivity contribution in [1.82, 2.24) is 0 Å². The number of phenols is 1. The lowest BCUT2D eigenvalue weighted by atomic mass is 10.0. The van der Waals surface area contributed by atoms with Crippen LogP contribution in [0.1, 0.15) is 18.1 Å². The van der Waals surface area contributed by atoms with E-state index in [9.17, 15) is 5.11 Å². The van der Waals surface area contributed by atoms with E-state index in [4.69, 9.17) is 10.5 Å². The molecule has 3 nitrogen and oxygen atoms in total. The second-order valence-electron chi connectivity index (χ2n) is 3.97. The minimum atomic E-state index is 0.0446. The summed E-state index contributed by atoms with van der Waals surface area (Å²) in [5.41, 5.74) is 7.77. The first-order valence-corrected chi connectivity index (χ1v) is 5.80. The third kappa shape index (κ3) is 1.96. The summed E-state index contributed by atoms with van der Waals surface area (Å²) in [6.07, 6.45) is 1.58. The predicted molar refractivity (Wildman–Crippen MR) is 62.4 cm³/mol. The predicted octanol–water partition coefficient (Wildman–Crippen LogP) is 1.98. The lowest BCUT2D eigenvalue weighted by molar-refractivity contribution is 0.351. The molecule has 82 valence electrons. The number of hydrogen-bond donors (Lipinski definition) is 2. The van der Waals surface area contributed by atoms with Gasteiger partial charge in [0.2, 0.25) is 0 Å². The van der Waals surface area contributed by atoms with Gasteiger partial charge in [-0.3, -0.25) is 0 Å². The third-order valence-electron chi connectivity index (χ3n) is 2.51. The van der Waals surface area contributed by atoms with E-state index in [0.717, 1.165) is 23.3 Å². The van der Waals surface area contributed by atoms with E-state index in [1.165, 1.54) is 0 Å². The van der Waals surface area contributed by atoms with Gasteiger partial charge < -0.3 is 15.6 Å². The summed E-state index contributed by atoms with van der Waals surface area (Å²) in [6.45, 7) is 2.62. The van der Waals surface area contributed by atoms with Crippen LogP contribution in [-0.4, -0.2) is 17.8 Å². The Morgan fingerprint density at radius 1 is 1.67 bits per heavy atom. The Kier molecular flexibility index (Phi) is 2.89. The van der Waals surface area contributed by atoms with E-state index in [0.29, 0.717) is 17.5 Å². The minimum absolute atomic E-state index is 0.0446. The average Bonchev–Trinajstić information content (AvgIpc) is 2.61. The molecule has 0 saturated carbocycles. The number of ether oxygens (including phenoxy) is 1. The maximum Gasteiger partial charge on any atom is 0.140 e. The molecule has 2 rings (SSSR count).